The summed E-state index contributed by atoms with van der Waals surface area (Å²) >= 11 is 0. The molecule has 0 radical (unpaired) electrons. The second kappa shape index (κ2) is 11.3. The molecule has 0 aromatic heterocycles. The van der Waals surface area contributed by atoms with E-state index in [1.165, 1.54) is 17.7 Å². The molecule has 4 rings (SSSR count). The first kappa shape index (κ1) is 26.0. The minimum absolute atomic E-state index is 0.383. The Hall–Kier alpha value is -2.05. The Morgan fingerprint density at radius 2 is 1.66 bits per heavy atom. The van der Waals surface area contributed by atoms with E-state index in [1.807, 2.05) is 0 Å². The van der Waals surface area contributed by atoms with Gasteiger partial charge in [0, 0.05) is 19.0 Å². The standard InChI is InChI=1S/C29H38F3NO2/c1-2-4-22-6-8-25(9-7-22)28(34)16-14-23(15-17-28)19-33-18-3-5-24(20-33)21-35-27-12-10-26(11-13-27)29(30,31)32/h6-13,23-24,34H,2-5,14-21H2,1H3. The first-order valence-corrected chi connectivity index (χ1v) is 13.1. The van der Waals surface area contributed by atoms with Gasteiger partial charge in [-0.25, -0.2) is 0 Å². The van der Waals surface area contributed by atoms with Crippen LogP contribution in [0.25, 0.3) is 0 Å². The molecule has 1 saturated heterocycles. The Morgan fingerprint density at radius 3 is 2.29 bits per heavy atom. The summed E-state index contributed by atoms with van der Waals surface area (Å²) in [7, 11) is 0. The highest BCUT2D eigenvalue weighted by atomic mass is 19.4. The largest absolute Gasteiger partial charge is 0.493 e. The van der Waals surface area contributed by atoms with Crippen molar-refractivity contribution in [3.63, 3.8) is 0 Å². The molecule has 2 fully saturated rings. The van der Waals surface area contributed by atoms with Gasteiger partial charge in [-0.3, -0.25) is 0 Å². The van der Waals surface area contributed by atoms with Crippen LogP contribution in [0.2, 0.25) is 0 Å². The van der Waals surface area contributed by atoms with Crippen LogP contribution in [-0.4, -0.2) is 36.2 Å². The summed E-state index contributed by atoms with van der Waals surface area (Å²) < 4.78 is 44.0. The zero-order valence-electron chi connectivity index (χ0n) is 20.7. The number of nitrogens with zero attached hydrogens (tertiary/aromatic N) is 1. The molecule has 0 bridgehead atoms. The van der Waals surface area contributed by atoms with Crippen LogP contribution in [0.3, 0.4) is 0 Å². The molecule has 1 N–H and O–H groups in total. The van der Waals surface area contributed by atoms with Crippen molar-refractivity contribution < 1.29 is 23.0 Å². The van der Waals surface area contributed by atoms with Gasteiger partial charge in [0.05, 0.1) is 17.8 Å². The van der Waals surface area contributed by atoms with E-state index in [0.717, 1.165) is 88.7 Å². The first-order valence-electron chi connectivity index (χ1n) is 13.1. The molecule has 6 heteroatoms. The lowest BCUT2D eigenvalue weighted by molar-refractivity contribution is -0.137. The zero-order chi connectivity index (χ0) is 24.9. The smallest absolute Gasteiger partial charge is 0.416 e. The Labute approximate surface area is 207 Å². The third-order valence-corrected chi connectivity index (χ3v) is 7.75. The SMILES string of the molecule is CCCc1ccc(C2(O)CCC(CN3CCCC(COc4ccc(C(F)(F)F)cc4)C3)CC2)cc1. The number of halogens is 3. The third kappa shape index (κ3) is 7.01. The van der Waals surface area contributed by atoms with Gasteiger partial charge in [-0.1, -0.05) is 37.6 Å². The number of hydrogen-bond donors (Lipinski definition) is 1. The van der Waals surface area contributed by atoms with Gasteiger partial charge in [-0.2, -0.15) is 13.2 Å². The second-order valence-corrected chi connectivity index (χ2v) is 10.5. The summed E-state index contributed by atoms with van der Waals surface area (Å²) in [5, 5.41) is 11.3. The molecule has 1 saturated carbocycles. The number of hydrogen-bond acceptors (Lipinski definition) is 3. The lowest BCUT2D eigenvalue weighted by Crippen LogP contribution is -2.42. The summed E-state index contributed by atoms with van der Waals surface area (Å²) in [5.74, 6) is 1.46. The molecule has 0 amide bonds. The summed E-state index contributed by atoms with van der Waals surface area (Å²) in [6.45, 7) is 5.79. The number of aryl methyl sites for hydroxylation is 1. The van der Waals surface area contributed by atoms with E-state index in [0.29, 0.717) is 24.2 Å². The van der Waals surface area contributed by atoms with E-state index >= 15 is 0 Å². The second-order valence-electron chi connectivity index (χ2n) is 10.5. The number of alkyl halides is 3. The van der Waals surface area contributed by atoms with Crippen molar-refractivity contribution in [2.75, 3.05) is 26.2 Å². The molecule has 1 aliphatic carbocycles. The fourth-order valence-electron chi connectivity index (χ4n) is 5.67. The van der Waals surface area contributed by atoms with Gasteiger partial charge in [0.25, 0.3) is 0 Å². The van der Waals surface area contributed by atoms with Gasteiger partial charge in [-0.05, 0) is 92.8 Å². The number of likely N-dealkylation sites (tertiary alicyclic amines) is 1. The first-order chi connectivity index (χ1) is 16.7. The van der Waals surface area contributed by atoms with Crippen molar-refractivity contribution in [2.45, 2.75) is 70.1 Å². The molecule has 2 aliphatic rings. The maximum Gasteiger partial charge on any atom is 0.416 e. The van der Waals surface area contributed by atoms with Crippen LogP contribution in [0, 0.1) is 11.8 Å². The van der Waals surface area contributed by atoms with E-state index in [1.54, 1.807) is 0 Å². The molecular weight excluding hydrogens is 451 g/mol. The number of benzene rings is 2. The minimum atomic E-state index is -4.32. The minimum Gasteiger partial charge on any atom is -0.493 e. The lowest BCUT2D eigenvalue weighted by atomic mass is 9.75. The molecule has 1 unspecified atom stereocenters. The predicted octanol–water partition coefficient (Wildman–Crippen LogP) is 6.83. The van der Waals surface area contributed by atoms with Crippen LogP contribution in [0.1, 0.15) is 68.6 Å². The van der Waals surface area contributed by atoms with E-state index in [2.05, 4.69) is 36.1 Å². The van der Waals surface area contributed by atoms with Crippen LogP contribution in [-0.2, 0) is 18.2 Å². The van der Waals surface area contributed by atoms with Gasteiger partial charge < -0.3 is 14.7 Å². The predicted molar refractivity (Wildman–Crippen MR) is 132 cm³/mol. The topological polar surface area (TPSA) is 32.7 Å². The Kier molecular flexibility index (Phi) is 8.43. The van der Waals surface area contributed by atoms with Crippen LogP contribution >= 0.6 is 0 Å². The van der Waals surface area contributed by atoms with Gasteiger partial charge in [0.1, 0.15) is 5.75 Å². The van der Waals surface area contributed by atoms with Crippen LogP contribution in [0.15, 0.2) is 48.5 Å². The summed E-state index contributed by atoms with van der Waals surface area (Å²) in [6.07, 6.45) is 3.73. The van der Waals surface area contributed by atoms with Crippen LogP contribution < -0.4 is 4.74 Å². The van der Waals surface area contributed by atoms with Crippen molar-refractivity contribution in [3.8, 4) is 5.75 Å². The highest BCUT2D eigenvalue weighted by molar-refractivity contribution is 5.29. The number of aliphatic hydroxyl groups is 1. The molecule has 1 heterocycles. The number of rotatable bonds is 8. The summed E-state index contributed by atoms with van der Waals surface area (Å²) in [5.41, 5.74) is 1.02. The molecule has 0 spiro atoms. The van der Waals surface area contributed by atoms with Crippen molar-refractivity contribution in [1.82, 2.24) is 4.90 Å². The summed E-state index contributed by atoms with van der Waals surface area (Å²) in [6, 6.07) is 13.5. The monoisotopic (exact) mass is 489 g/mol. The highest BCUT2D eigenvalue weighted by Crippen LogP contribution is 2.40. The van der Waals surface area contributed by atoms with Gasteiger partial charge >= 0.3 is 6.18 Å². The third-order valence-electron chi connectivity index (χ3n) is 7.75. The number of ether oxygens (including phenoxy) is 1. The zero-order valence-corrected chi connectivity index (χ0v) is 20.7. The Morgan fingerprint density at radius 1 is 0.971 bits per heavy atom. The number of piperidine rings is 1. The van der Waals surface area contributed by atoms with E-state index in [4.69, 9.17) is 4.74 Å². The van der Waals surface area contributed by atoms with Crippen molar-refractivity contribution >= 4 is 0 Å². The maximum absolute atomic E-state index is 12.7. The Bertz CT molecular complexity index is 918. The van der Waals surface area contributed by atoms with Gasteiger partial charge in [0.15, 0.2) is 0 Å². The fraction of sp³-hybridized carbons (Fsp3) is 0.586. The highest BCUT2D eigenvalue weighted by Gasteiger charge is 2.36. The Balaban J connectivity index is 1.22. The molecule has 3 nitrogen and oxygen atoms in total. The summed E-state index contributed by atoms with van der Waals surface area (Å²) in [4.78, 5) is 2.51. The normalized spacial score (nSPS) is 26.0. The van der Waals surface area contributed by atoms with Crippen molar-refractivity contribution in [2.24, 2.45) is 11.8 Å². The molecule has 35 heavy (non-hydrogen) atoms. The lowest BCUT2D eigenvalue weighted by Gasteiger charge is -2.40. The van der Waals surface area contributed by atoms with Gasteiger partial charge in [0.2, 0.25) is 0 Å². The van der Waals surface area contributed by atoms with Crippen molar-refractivity contribution in [3.05, 3.63) is 65.2 Å². The van der Waals surface area contributed by atoms with E-state index in [9.17, 15) is 18.3 Å². The van der Waals surface area contributed by atoms with E-state index in [-0.39, 0.29) is 0 Å². The van der Waals surface area contributed by atoms with Crippen molar-refractivity contribution in [1.29, 1.82) is 0 Å². The molecule has 2 aromatic carbocycles. The average Bonchev–Trinajstić information content (AvgIpc) is 2.85. The van der Waals surface area contributed by atoms with E-state index < -0.39 is 17.3 Å². The molecule has 2 aromatic rings. The van der Waals surface area contributed by atoms with Crippen LogP contribution in [0.5, 0.6) is 5.75 Å². The molecule has 1 atom stereocenters. The van der Waals surface area contributed by atoms with Crippen LogP contribution in [0.4, 0.5) is 13.2 Å². The van der Waals surface area contributed by atoms with Gasteiger partial charge in [-0.15, -0.1) is 0 Å². The molecular formula is C29H38F3NO2. The molecule has 1 aliphatic heterocycles. The average molecular weight is 490 g/mol. The fourth-order valence-corrected chi connectivity index (χ4v) is 5.67. The maximum atomic E-state index is 12.7. The molecule has 192 valence electrons. The quantitative estimate of drug-likeness (QED) is 0.441.